The summed E-state index contributed by atoms with van der Waals surface area (Å²) in [5, 5.41) is 2.69. The standard InChI is InChI=1S/C18H19N5O6/c1-9(29-10-4-5-11-12(6-10)28-8-27-11)16(24)19-7-13-20-14-15(21-13)22(2)18(26)23(3)17(14)25/h4-6,9H,7-8H2,1-3H3,(H,19,24)(H,20,21). The molecule has 0 aliphatic carbocycles. The van der Waals surface area contributed by atoms with E-state index >= 15 is 0 Å². The van der Waals surface area contributed by atoms with Crippen molar-refractivity contribution >= 4 is 17.1 Å². The maximum Gasteiger partial charge on any atom is 0.332 e. The van der Waals surface area contributed by atoms with Crippen molar-refractivity contribution in [1.82, 2.24) is 24.4 Å². The van der Waals surface area contributed by atoms with Crippen molar-refractivity contribution in [1.29, 1.82) is 0 Å². The van der Waals surface area contributed by atoms with Crippen molar-refractivity contribution in [3.8, 4) is 17.2 Å². The fourth-order valence-electron chi connectivity index (χ4n) is 2.98. The minimum atomic E-state index is -0.781. The molecular weight excluding hydrogens is 382 g/mol. The highest BCUT2D eigenvalue weighted by Gasteiger charge is 2.19. The lowest BCUT2D eigenvalue weighted by Gasteiger charge is -2.14. The third-order valence-corrected chi connectivity index (χ3v) is 4.60. The molecule has 1 aromatic carbocycles. The average molecular weight is 401 g/mol. The quantitative estimate of drug-likeness (QED) is 0.604. The summed E-state index contributed by atoms with van der Waals surface area (Å²) in [7, 11) is 2.91. The number of H-pyrrole nitrogens is 1. The van der Waals surface area contributed by atoms with E-state index in [0.29, 0.717) is 23.1 Å². The van der Waals surface area contributed by atoms with Crippen molar-refractivity contribution in [2.24, 2.45) is 14.1 Å². The average Bonchev–Trinajstić information content (AvgIpc) is 3.35. The Balaban J connectivity index is 1.44. The van der Waals surface area contributed by atoms with Crippen LogP contribution in [-0.2, 0) is 25.4 Å². The molecule has 2 N–H and O–H groups in total. The molecule has 0 bridgehead atoms. The Morgan fingerprint density at radius 3 is 2.83 bits per heavy atom. The minimum absolute atomic E-state index is 0.0414. The van der Waals surface area contributed by atoms with E-state index in [4.69, 9.17) is 14.2 Å². The molecule has 0 saturated carbocycles. The van der Waals surface area contributed by atoms with Crippen molar-refractivity contribution in [3.05, 3.63) is 44.9 Å². The Bertz CT molecular complexity index is 1220. The molecule has 0 spiro atoms. The van der Waals surface area contributed by atoms with Gasteiger partial charge in [-0.3, -0.25) is 18.7 Å². The number of nitrogens with one attached hydrogen (secondary N) is 2. The van der Waals surface area contributed by atoms with Crippen LogP contribution < -0.4 is 30.8 Å². The summed E-state index contributed by atoms with van der Waals surface area (Å²) in [5.74, 6) is 1.63. The first-order chi connectivity index (χ1) is 13.8. The number of ether oxygens (including phenoxy) is 3. The Kier molecular flexibility index (Phi) is 4.49. The molecule has 29 heavy (non-hydrogen) atoms. The molecule has 11 heteroatoms. The smallest absolute Gasteiger partial charge is 0.332 e. The highest BCUT2D eigenvalue weighted by atomic mass is 16.7. The number of amides is 1. The third kappa shape index (κ3) is 3.30. The normalized spacial score (nSPS) is 13.5. The number of carbonyl (C=O) groups excluding carboxylic acids is 1. The number of benzene rings is 1. The summed E-state index contributed by atoms with van der Waals surface area (Å²) in [6, 6.07) is 5.05. The number of carbonyl (C=O) groups is 1. The van der Waals surface area contributed by atoms with Crippen LogP contribution in [0.4, 0.5) is 0 Å². The van der Waals surface area contributed by atoms with Gasteiger partial charge in [-0.15, -0.1) is 0 Å². The zero-order chi connectivity index (χ0) is 20.7. The van der Waals surface area contributed by atoms with E-state index < -0.39 is 17.4 Å². The maximum atomic E-state index is 12.4. The van der Waals surface area contributed by atoms with Crippen molar-refractivity contribution in [3.63, 3.8) is 0 Å². The minimum Gasteiger partial charge on any atom is -0.481 e. The van der Waals surface area contributed by atoms with Crippen LogP contribution in [0.2, 0.25) is 0 Å². The van der Waals surface area contributed by atoms with Crippen molar-refractivity contribution in [2.75, 3.05) is 6.79 Å². The summed E-state index contributed by atoms with van der Waals surface area (Å²) < 4.78 is 18.4. The number of hydrogen-bond donors (Lipinski definition) is 2. The van der Waals surface area contributed by atoms with Crippen LogP contribution in [0.15, 0.2) is 27.8 Å². The topological polar surface area (TPSA) is 129 Å². The van der Waals surface area contributed by atoms with Crippen molar-refractivity contribution < 1.29 is 19.0 Å². The second-order valence-corrected chi connectivity index (χ2v) is 6.58. The number of aromatic nitrogens is 4. The molecule has 3 heterocycles. The maximum absolute atomic E-state index is 12.4. The zero-order valence-electron chi connectivity index (χ0n) is 16.0. The van der Waals surface area contributed by atoms with Crippen LogP contribution in [0.25, 0.3) is 11.2 Å². The Morgan fingerprint density at radius 1 is 1.28 bits per heavy atom. The van der Waals surface area contributed by atoms with E-state index in [-0.39, 0.29) is 30.4 Å². The molecule has 11 nitrogen and oxygen atoms in total. The molecule has 1 aliphatic rings. The lowest BCUT2D eigenvalue weighted by Crippen LogP contribution is -2.36. The molecule has 0 fully saturated rings. The van der Waals surface area contributed by atoms with Gasteiger partial charge in [-0.25, -0.2) is 9.78 Å². The van der Waals surface area contributed by atoms with E-state index in [1.54, 1.807) is 25.1 Å². The van der Waals surface area contributed by atoms with Crippen LogP contribution in [0, 0.1) is 0 Å². The first-order valence-corrected chi connectivity index (χ1v) is 8.84. The molecule has 1 amide bonds. The van der Waals surface area contributed by atoms with E-state index in [9.17, 15) is 14.4 Å². The molecule has 0 radical (unpaired) electrons. The molecule has 4 rings (SSSR count). The highest BCUT2D eigenvalue weighted by molar-refractivity contribution is 5.80. The van der Waals surface area contributed by atoms with E-state index in [1.807, 2.05) is 0 Å². The van der Waals surface area contributed by atoms with Crippen LogP contribution >= 0.6 is 0 Å². The van der Waals surface area contributed by atoms with Crippen LogP contribution in [-0.4, -0.2) is 37.9 Å². The lowest BCUT2D eigenvalue weighted by atomic mass is 10.3. The Labute approximate surface area is 163 Å². The summed E-state index contributed by atoms with van der Waals surface area (Å²) in [6.45, 7) is 1.80. The predicted molar refractivity (Wildman–Crippen MR) is 101 cm³/mol. The van der Waals surface area contributed by atoms with Crippen LogP contribution in [0.5, 0.6) is 17.2 Å². The molecule has 1 atom stereocenters. The third-order valence-electron chi connectivity index (χ3n) is 4.60. The number of fused-ring (bicyclic) bond motifs is 2. The van der Waals surface area contributed by atoms with Gasteiger partial charge in [0, 0.05) is 20.2 Å². The largest absolute Gasteiger partial charge is 0.481 e. The van der Waals surface area contributed by atoms with Gasteiger partial charge < -0.3 is 24.5 Å². The zero-order valence-corrected chi connectivity index (χ0v) is 16.0. The van der Waals surface area contributed by atoms with Gasteiger partial charge in [0.15, 0.2) is 23.3 Å². The molecule has 1 aliphatic heterocycles. The number of hydrogen-bond acceptors (Lipinski definition) is 7. The molecule has 0 saturated heterocycles. The molecular formula is C18H19N5O6. The summed E-state index contributed by atoms with van der Waals surface area (Å²) in [4.78, 5) is 43.6. The second-order valence-electron chi connectivity index (χ2n) is 6.58. The van der Waals surface area contributed by atoms with Gasteiger partial charge in [0.25, 0.3) is 11.5 Å². The number of rotatable bonds is 5. The van der Waals surface area contributed by atoms with Crippen LogP contribution in [0.1, 0.15) is 12.7 Å². The van der Waals surface area contributed by atoms with Gasteiger partial charge in [0.1, 0.15) is 17.1 Å². The summed E-state index contributed by atoms with van der Waals surface area (Å²) in [5.41, 5.74) is -0.529. The fraction of sp³-hybridized carbons (Fsp3) is 0.333. The number of imidazole rings is 1. The Hall–Kier alpha value is -3.76. The monoisotopic (exact) mass is 401 g/mol. The Morgan fingerprint density at radius 2 is 2.03 bits per heavy atom. The van der Waals surface area contributed by atoms with Gasteiger partial charge in [-0.2, -0.15) is 0 Å². The second kappa shape index (κ2) is 7.00. The van der Waals surface area contributed by atoms with E-state index in [2.05, 4.69) is 15.3 Å². The molecule has 3 aromatic rings. The SMILES string of the molecule is CC(Oc1ccc2c(c1)OCO2)C(=O)NCc1nc2c([nH]1)c(=O)n(C)c(=O)n2C. The number of aryl methyl sites for hydroxylation is 1. The predicted octanol–water partition coefficient (Wildman–Crippen LogP) is -0.227. The van der Waals surface area contributed by atoms with E-state index in [0.717, 1.165) is 4.57 Å². The number of aromatic amines is 1. The molecule has 2 aromatic heterocycles. The van der Waals surface area contributed by atoms with Gasteiger partial charge >= 0.3 is 5.69 Å². The van der Waals surface area contributed by atoms with E-state index in [1.165, 1.54) is 18.7 Å². The fourth-order valence-corrected chi connectivity index (χ4v) is 2.98. The molecule has 152 valence electrons. The van der Waals surface area contributed by atoms with Crippen LogP contribution in [0.3, 0.4) is 0 Å². The van der Waals surface area contributed by atoms with Crippen molar-refractivity contribution in [2.45, 2.75) is 19.6 Å². The van der Waals surface area contributed by atoms with Gasteiger partial charge in [0.05, 0.1) is 6.54 Å². The molecule has 1 unspecified atom stereocenters. The van der Waals surface area contributed by atoms with Gasteiger partial charge in [0.2, 0.25) is 6.79 Å². The number of nitrogens with zero attached hydrogens (tertiary/aromatic N) is 3. The first-order valence-electron chi connectivity index (χ1n) is 8.84. The van der Waals surface area contributed by atoms with Gasteiger partial charge in [-0.05, 0) is 19.1 Å². The summed E-state index contributed by atoms with van der Waals surface area (Å²) in [6.07, 6.45) is -0.781. The first kappa shape index (κ1) is 18.6. The van der Waals surface area contributed by atoms with Gasteiger partial charge in [-0.1, -0.05) is 0 Å². The highest BCUT2D eigenvalue weighted by Crippen LogP contribution is 2.35. The summed E-state index contributed by atoms with van der Waals surface area (Å²) >= 11 is 0. The lowest BCUT2D eigenvalue weighted by molar-refractivity contribution is -0.127.